The summed E-state index contributed by atoms with van der Waals surface area (Å²) in [6.07, 6.45) is 6.21. The first-order valence-corrected chi connectivity index (χ1v) is 11.2. The molecule has 0 aromatic rings. The summed E-state index contributed by atoms with van der Waals surface area (Å²) in [5.41, 5.74) is 2.06. The number of likely N-dealkylation sites (N-methyl/N-ethyl adjacent to an activating group) is 1. The van der Waals surface area contributed by atoms with Crippen molar-refractivity contribution in [2.24, 2.45) is 16.8 Å². The van der Waals surface area contributed by atoms with Gasteiger partial charge in [-0.2, -0.15) is 13.2 Å². The lowest BCUT2D eigenvalue weighted by Crippen LogP contribution is -2.43. The zero-order valence-corrected chi connectivity index (χ0v) is 19.2. The Morgan fingerprint density at radius 2 is 1.88 bits per heavy atom. The van der Waals surface area contributed by atoms with Crippen LogP contribution in [-0.4, -0.2) is 48.6 Å². The minimum atomic E-state index is -4.40. The number of fused-ring (bicyclic) bond motifs is 1. The molecule has 0 aromatic carbocycles. The van der Waals surface area contributed by atoms with Crippen LogP contribution < -0.4 is 10.6 Å². The second kappa shape index (κ2) is 11.7. The predicted molar refractivity (Wildman–Crippen MR) is 121 cm³/mol. The predicted octanol–water partition coefficient (Wildman–Crippen LogP) is 4.31. The molecule has 8 heteroatoms. The van der Waals surface area contributed by atoms with E-state index in [0.717, 1.165) is 11.3 Å². The standard InChI is InChI=1S/C24H34F3N3O2/c1-5-22(31)20(12-17-14-29-19-9-7-6-8-18(17)19)30-16(3)11-10-15(2)23(32)21(28-4)13-24(25,26)27/h6-9,14-16,18,20-21,28,30H,5,10-13H2,1-4H3/t15?,16?,18?,20-,21-/m0/s1. The normalized spacial score (nSPS) is 21.4. The molecule has 0 amide bonds. The van der Waals surface area contributed by atoms with Gasteiger partial charge in [0, 0.05) is 30.5 Å². The van der Waals surface area contributed by atoms with Gasteiger partial charge >= 0.3 is 6.18 Å². The summed E-state index contributed by atoms with van der Waals surface area (Å²) < 4.78 is 38.1. The number of allylic oxidation sites excluding steroid dienone is 4. The van der Waals surface area contributed by atoms with Gasteiger partial charge in [-0.15, -0.1) is 0 Å². The van der Waals surface area contributed by atoms with E-state index in [1.165, 1.54) is 7.05 Å². The van der Waals surface area contributed by atoms with Gasteiger partial charge in [0.05, 0.1) is 24.2 Å². The van der Waals surface area contributed by atoms with Crippen molar-refractivity contribution in [1.29, 1.82) is 0 Å². The van der Waals surface area contributed by atoms with Crippen molar-refractivity contribution in [3.05, 3.63) is 36.1 Å². The fourth-order valence-electron chi connectivity index (χ4n) is 4.12. The van der Waals surface area contributed by atoms with Crippen molar-refractivity contribution in [3.63, 3.8) is 0 Å². The van der Waals surface area contributed by atoms with E-state index in [2.05, 4.69) is 21.7 Å². The molecule has 0 fully saturated rings. The molecule has 0 saturated heterocycles. The fraction of sp³-hybridized carbons (Fsp3) is 0.625. The highest BCUT2D eigenvalue weighted by atomic mass is 19.4. The number of Topliss-reactive ketones (excluding diaryl/α,β-unsaturated/α-hetero) is 2. The third-order valence-corrected chi connectivity index (χ3v) is 6.09. The highest BCUT2D eigenvalue weighted by Gasteiger charge is 2.36. The zero-order valence-electron chi connectivity index (χ0n) is 19.2. The molecule has 2 N–H and O–H groups in total. The van der Waals surface area contributed by atoms with Gasteiger partial charge in [0.15, 0.2) is 5.78 Å². The number of halogens is 3. The van der Waals surface area contributed by atoms with E-state index in [4.69, 9.17) is 0 Å². The van der Waals surface area contributed by atoms with E-state index >= 15 is 0 Å². The summed E-state index contributed by atoms with van der Waals surface area (Å²) in [5, 5.41) is 5.86. The lowest BCUT2D eigenvalue weighted by atomic mass is 9.87. The average molecular weight is 454 g/mol. The Morgan fingerprint density at radius 3 is 2.50 bits per heavy atom. The molecule has 5 nitrogen and oxygen atoms in total. The molecule has 1 aliphatic heterocycles. The molecular weight excluding hydrogens is 419 g/mol. The molecule has 2 rings (SSSR count). The first kappa shape index (κ1) is 26.2. The van der Waals surface area contributed by atoms with E-state index in [-0.39, 0.29) is 23.8 Å². The highest BCUT2D eigenvalue weighted by Crippen LogP contribution is 2.29. The monoisotopic (exact) mass is 453 g/mol. The quantitative estimate of drug-likeness (QED) is 0.436. The molecule has 2 aliphatic rings. The number of carbonyl (C=O) groups is 2. The Hall–Kier alpha value is -2.06. The van der Waals surface area contributed by atoms with Gasteiger partial charge in [0.25, 0.3) is 0 Å². The van der Waals surface area contributed by atoms with Crippen molar-refractivity contribution in [3.8, 4) is 0 Å². The summed E-state index contributed by atoms with van der Waals surface area (Å²) in [6, 6.07) is -1.66. The topological polar surface area (TPSA) is 70.6 Å². The molecule has 0 bridgehead atoms. The lowest BCUT2D eigenvalue weighted by molar-refractivity contribution is -0.149. The summed E-state index contributed by atoms with van der Waals surface area (Å²) >= 11 is 0. The number of rotatable bonds is 13. The average Bonchev–Trinajstić information content (AvgIpc) is 3.16. The minimum absolute atomic E-state index is 0.0643. The third-order valence-electron chi connectivity index (χ3n) is 6.09. The van der Waals surface area contributed by atoms with Crippen molar-refractivity contribution >= 4 is 17.3 Å². The van der Waals surface area contributed by atoms with E-state index in [1.807, 2.05) is 38.3 Å². The van der Waals surface area contributed by atoms with Crippen LogP contribution in [0.1, 0.15) is 52.9 Å². The van der Waals surface area contributed by atoms with Crippen LogP contribution in [0, 0.1) is 11.8 Å². The first-order valence-electron chi connectivity index (χ1n) is 11.2. The molecule has 0 aromatic heterocycles. The Labute approximate surface area is 188 Å². The van der Waals surface area contributed by atoms with Gasteiger partial charge in [0.1, 0.15) is 5.78 Å². The maximum atomic E-state index is 12.7. The molecule has 32 heavy (non-hydrogen) atoms. The highest BCUT2D eigenvalue weighted by molar-refractivity contribution is 6.03. The number of ketones is 2. The number of nitrogens with zero attached hydrogens (tertiary/aromatic N) is 1. The largest absolute Gasteiger partial charge is 0.391 e. The lowest BCUT2D eigenvalue weighted by Gasteiger charge is -2.26. The van der Waals surface area contributed by atoms with E-state index in [9.17, 15) is 22.8 Å². The Morgan fingerprint density at radius 1 is 1.16 bits per heavy atom. The van der Waals surface area contributed by atoms with Crippen LogP contribution in [0.25, 0.3) is 0 Å². The van der Waals surface area contributed by atoms with Gasteiger partial charge in [0.2, 0.25) is 0 Å². The molecule has 0 radical (unpaired) electrons. The molecule has 5 atom stereocenters. The molecule has 3 unspecified atom stereocenters. The maximum absolute atomic E-state index is 12.7. The van der Waals surface area contributed by atoms with Gasteiger partial charge in [-0.05, 0) is 44.9 Å². The summed E-state index contributed by atoms with van der Waals surface area (Å²) in [6.45, 7) is 5.43. The number of hydrogen-bond donors (Lipinski definition) is 2. The summed E-state index contributed by atoms with van der Waals surface area (Å²) in [5.74, 6) is -0.733. The minimum Gasteiger partial charge on any atom is -0.310 e. The van der Waals surface area contributed by atoms with Crippen molar-refractivity contribution in [1.82, 2.24) is 10.6 Å². The maximum Gasteiger partial charge on any atom is 0.391 e. The van der Waals surface area contributed by atoms with Gasteiger partial charge < -0.3 is 10.6 Å². The summed E-state index contributed by atoms with van der Waals surface area (Å²) in [7, 11) is 1.37. The SMILES string of the molecule is CCC(=O)[C@H](CC1=CN=C2C=CC=CC12)NC(C)CCC(C)C(=O)[C@H](CC(F)(F)F)NC. The molecule has 178 valence electrons. The third kappa shape index (κ3) is 7.52. The molecule has 0 spiro atoms. The van der Waals surface area contributed by atoms with Crippen molar-refractivity contribution < 1.29 is 22.8 Å². The summed E-state index contributed by atoms with van der Waals surface area (Å²) in [4.78, 5) is 29.4. The Balaban J connectivity index is 1.90. The number of alkyl halides is 3. The number of carbonyl (C=O) groups excluding carboxylic acids is 2. The zero-order chi connectivity index (χ0) is 23.9. The van der Waals surface area contributed by atoms with Crippen molar-refractivity contribution in [2.45, 2.75) is 77.2 Å². The van der Waals surface area contributed by atoms with Crippen LogP contribution in [0.4, 0.5) is 13.2 Å². The van der Waals surface area contributed by atoms with E-state index in [0.29, 0.717) is 25.7 Å². The van der Waals surface area contributed by atoms with Gasteiger partial charge in [-0.3, -0.25) is 14.6 Å². The number of hydrogen-bond acceptors (Lipinski definition) is 5. The van der Waals surface area contributed by atoms with Crippen LogP contribution in [-0.2, 0) is 9.59 Å². The van der Waals surface area contributed by atoms with E-state index in [1.54, 1.807) is 6.92 Å². The first-order chi connectivity index (χ1) is 15.1. The van der Waals surface area contributed by atoms with Gasteiger partial charge in [-0.1, -0.05) is 32.1 Å². The number of aliphatic imine (C=N–C) groups is 1. The number of nitrogens with one attached hydrogen (secondary N) is 2. The molecule has 0 saturated carbocycles. The van der Waals surface area contributed by atoms with Gasteiger partial charge in [-0.25, -0.2) is 0 Å². The van der Waals surface area contributed by atoms with Crippen LogP contribution >= 0.6 is 0 Å². The van der Waals surface area contributed by atoms with Crippen LogP contribution in [0.5, 0.6) is 0 Å². The van der Waals surface area contributed by atoms with E-state index < -0.39 is 30.3 Å². The Bertz CT molecular complexity index is 799. The molecular formula is C24H34F3N3O2. The Kier molecular flexibility index (Phi) is 9.58. The molecule has 1 aliphatic carbocycles. The second-order valence-corrected chi connectivity index (χ2v) is 8.67. The van der Waals surface area contributed by atoms with Crippen molar-refractivity contribution in [2.75, 3.05) is 7.05 Å². The van der Waals surface area contributed by atoms with Crippen LogP contribution in [0.15, 0.2) is 41.1 Å². The smallest absolute Gasteiger partial charge is 0.310 e. The van der Waals surface area contributed by atoms with Crippen LogP contribution in [0.2, 0.25) is 0 Å². The van der Waals surface area contributed by atoms with Crippen LogP contribution in [0.3, 0.4) is 0 Å². The second-order valence-electron chi connectivity index (χ2n) is 8.67. The fourth-order valence-corrected chi connectivity index (χ4v) is 4.12. The molecule has 1 heterocycles.